The standard InChI is InChI=1S/C17H24N2O2/c1-13(20)19-12-10-15(18-14-7-3-2-4-8-14)17(21)11-6-5-9-16(17)19/h2-4,7-8,15-16,18,21H,5-6,9-12H2,1H3/t15?,16-,17+/m0/s1. The first-order chi connectivity index (χ1) is 10.1. The number of para-hydroxylation sites is 1. The van der Waals surface area contributed by atoms with Crippen LogP contribution in [-0.2, 0) is 4.79 Å². The van der Waals surface area contributed by atoms with Crippen molar-refractivity contribution >= 4 is 11.6 Å². The van der Waals surface area contributed by atoms with Crippen LogP contribution in [0.1, 0.15) is 39.0 Å². The Hall–Kier alpha value is -1.55. The molecule has 1 aromatic rings. The van der Waals surface area contributed by atoms with Gasteiger partial charge in [0.25, 0.3) is 0 Å². The number of likely N-dealkylation sites (tertiary alicyclic amines) is 1. The summed E-state index contributed by atoms with van der Waals surface area (Å²) < 4.78 is 0. The number of piperidine rings is 1. The molecule has 2 fully saturated rings. The number of fused-ring (bicyclic) bond motifs is 1. The maximum atomic E-state index is 11.9. The van der Waals surface area contributed by atoms with Gasteiger partial charge in [-0.2, -0.15) is 0 Å². The molecule has 1 aliphatic carbocycles. The van der Waals surface area contributed by atoms with Crippen LogP contribution in [0.5, 0.6) is 0 Å². The van der Waals surface area contributed by atoms with E-state index in [4.69, 9.17) is 0 Å². The average Bonchev–Trinajstić information content (AvgIpc) is 2.48. The third-order valence-electron chi connectivity index (χ3n) is 5.04. The fraction of sp³-hybridized carbons (Fsp3) is 0.588. The molecule has 0 radical (unpaired) electrons. The molecule has 1 unspecified atom stereocenters. The molecule has 4 nitrogen and oxygen atoms in total. The van der Waals surface area contributed by atoms with E-state index in [0.29, 0.717) is 0 Å². The molecule has 1 amide bonds. The Balaban J connectivity index is 1.83. The van der Waals surface area contributed by atoms with Crippen LogP contribution in [0.3, 0.4) is 0 Å². The summed E-state index contributed by atoms with van der Waals surface area (Å²) in [5.41, 5.74) is 0.231. The van der Waals surface area contributed by atoms with E-state index < -0.39 is 5.60 Å². The molecule has 1 heterocycles. The van der Waals surface area contributed by atoms with Crippen molar-refractivity contribution in [2.45, 2.75) is 56.7 Å². The fourth-order valence-corrected chi connectivity index (χ4v) is 3.98. The Labute approximate surface area is 126 Å². The summed E-state index contributed by atoms with van der Waals surface area (Å²) in [6.45, 7) is 2.34. The van der Waals surface area contributed by atoms with E-state index in [-0.39, 0.29) is 18.0 Å². The molecule has 0 bridgehead atoms. The van der Waals surface area contributed by atoms with Gasteiger partial charge in [-0.1, -0.05) is 31.0 Å². The van der Waals surface area contributed by atoms with Crippen molar-refractivity contribution in [2.75, 3.05) is 11.9 Å². The Bertz CT molecular complexity index is 505. The first-order valence-corrected chi connectivity index (χ1v) is 7.92. The number of nitrogens with zero attached hydrogens (tertiary/aromatic N) is 1. The molecule has 0 spiro atoms. The first kappa shape index (κ1) is 14.4. The van der Waals surface area contributed by atoms with E-state index in [9.17, 15) is 9.90 Å². The molecule has 0 aromatic heterocycles. The minimum atomic E-state index is -0.808. The summed E-state index contributed by atoms with van der Waals surface area (Å²) in [6.07, 6.45) is 4.59. The summed E-state index contributed by atoms with van der Waals surface area (Å²) in [4.78, 5) is 13.7. The van der Waals surface area contributed by atoms with Crippen LogP contribution >= 0.6 is 0 Å². The van der Waals surface area contributed by atoms with Gasteiger partial charge < -0.3 is 15.3 Å². The van der Waals surface area contributed by atoms with Gasteiger partial charge in [0.2, 0.25) is 5.91 Å². The van der Waals surface area contributed by atoms with Crippen LogP contribution in [0.25, 0.3) is 0 Å². The zero-order valence-corrected chi connectivity index (χ0v) is 12.6. The van der Waals surface area contributed by atoms with Crippen molar-refractivity contribution in [1.29, 1.82) is 0 Å². The van der Waals surface area contributed by atoms with Gasteiger partial charge in [0.05, 0.1) is 12.1 Å². The topological polar surface area (TPSA) is 52.6 Å². The zero-order chi connectivity index (χ0) is 14.9. The molecular formula is C17H24N2O2. The number of hydrogen-bond acceptors (Lipinski definition) is 3. The number of nitrogens with one attached hydrogen (secondary N) is 1. The Kier molecular flexibility index (Phi) is 3.89. The Morgan fingerprint density at radius 3 is 2.76 bits per heavy atom. The second kappa shape index (κ2) is 5.68. The van der Waals surface area contributed by atoms with Crippen molar-refractivity contribution in [2.24, 2.45) is 0 Å². The van der Waals surface area contributed by atoms with E-state index >= 15 is 0 Å². The third-order valence-corrected chi connectivity index (χ3v) is 5.04. The number of hydrogen-bond donors (Lipinski definition) is 2. The Morgan fingerprint density at radius 1 is 1.29 bits per heavy atom. The normalized spacial score (nSPS) is 32.4. The molecule has 1 aromatic carbocycles. The summed E-state index contributed by atoms with van der Waals surface area (Å²) >= 11 is 0. The van der Waals surface area contributed by atoms with E-state index in [0.717, 1.165) is 44.3 Å². The molecule has 114 valence electrons. The molecule has 21 heavy (non-hydrogen) atoms. The maximum absolute atomic E-state index is 11.9. The molecule has 2 aliphatic rings. The minimum absolute atomic E-state index is 0.0146. The zero-order valence-electron chi connectivity index (χ0n) is 12.6. The number of carbonyl (C=O) groups excluding carboxylic acids is 1. The van der Waals surface area contributed by atoms with Gasteiger partial charge in [-0.3, -0.25) is 4.79 Å². The van der Waals surface area contributed by atoms with Crippen molar-refractivity contribution in [3.8, 4) is 0 Å². The highest BCUT2D eigenvalue weighted by molar-refractivity contribution is 5.74. The lowest BCUT2D eigenvalue weighted by Gasteiger charge is -2.53. The van der Waals surface area contributed by atoms with Crippen LogP contribution in [0.2, 0.25) is 0 Å². The third kappa shape index (κ3) is 2.64. The summed E-state index contributed by atoms with van der Waals surface area (Å²) in [7, 11) is 0. The van der Waals surface area contributed by atoms with Crippen molar-refractivity contribution in [3.63, 3.8) is 0 Å². The number of aliphatic hydroxyl groups is 1. The number of carbonyl (C=O) groups is 1. The molecule has 3 atom stereocenters. The molecule has 1 saturated heterocycles. The summed E-state index contributed by atoms with van der Waals surface area (Å²) in [5.74, 6) is 0.0819. The fourth-order valence-electron chi connectivity index (χ4n) is 3.98. The van der Waals surface area contributed by atoms with E-state index in [1.165, 1.54) is 0 Å². The highest BCUT2D eigenvalue weighted by Gasteiger charge is 2.51. The maximum Gasteiger partial charge on any atom is 0.219 e. The number of benzene rings is 1. The molecular weight excluding hydrogens is 264 g/mol. The van der Waals surface area contributed by atoms with Crippen LogP contribution < -0.4 is 5.32 Å². The molecule has 4 heteroatoms. The summed E-state index contributed by atoms with van der Waals surface area (Å²) in [5, 5.41) is 14.8. The smallest absolute Gasteiger partial charge is 0.219 e. The van der Waals surface area contributed by atoms with Crippen molar-refractivity contribution in [3.05, 3.63) is 30.3 Å². The molecule has 3 rings (SSSR count). The number of anilines is 1. The molecule has 2 N–H and O–H groups in total. The van der Waals surface area contributed by atoms with Gasteiger partial charge in [-0.15, -0.1) is 0 Å². The van der Waals surface area contributed by atoms with Crippen LogP contribution in [0.15, 0.2) is 30.3 Å². The minimum Gasteiger partial charge on any atom is -0.386 e. The monoisotopic (exact) mass is 288 g/mol. The van der Waals surface area contributed by atoms with Gasteiger partial charge in [-0.25, -0.2) is 0 Å². The number of rotatable bonds is 2. The lowest BCUT2D eigenvalue weighted by Crippen LogP contribution is -2.67. The molecule has 1 aliphatic heterocycles. The predicted octanol–water partition coefficient (Wildman–Crippen LogP) is 2.39. The highest BCUT2D eigenvalue weighted by Crippen LogP contribution is 2.40. The van der Waals surface area contributed by atoms with E-state index in [1.807, 2.05) is 35.2 Å². The Morgan fingerprint density at radius 2 is 2.05 bits per heavy atom. The lowest BCUT2D eigenvalue weighted by atomic mass is 9.71. The van der Waals surface area contributed by atoms with Gasteiger partial charge in [0.15, 0.2) is 0 Å². The first-order valence-electron chi connectivity index (χ1n) is 7.92. The SMILES string of the molecule is CC(=O)N1CCC(Nc2ccccc2)[C@]2(O)CCCC[C@H]12. The van der Waals surface area contributed by atoms with E-state index in [1.54, 1.807) is 6.92 Å². The lowest BCUT2D eigenvalue weighted by molar-refractivity contribution is -0.152. The second-order valence-corrected chi connectivity index (χ2v) is 6.32. The van der Waals surface area contributed by atoms with Gasteiger partial charge >= 0.3 is 0 Å². The van der Waals surface area contributed by atoms with Crippen molar-refractivity contribution in [1.82, 2.24) is 4.90 Å². The van der Waals surface area contributed by atoms with Crippen molar-refractivity contribution < 1.29 is 9.90 Å². The highest BCUT2D eigenvalue weighted by atomic mass is 16.3. The van der Waals surface area contributed by atoms with Crippen LogP contribution in [0.4, 0.5) is 5.69 Å². The van der Waals surface area contributed by atoms with Gasteiger partial charge in [0, 0.05) is 19.2 Å². The van der Waals surface area contributed by atoms with Gasteiger partial charge in [-0.05, 0) is 31.4 Å². The summed E-state index contributed by atoms with van der Waals surface area (Å²) in [6, 6.07) is 10.0. The van der Waals surface area contributed by atoms with Crippen LogP contribution in [-0.4, -0.2) is 40.1 Å². The predicted molar refractivity (Wildman–Crippen MR) is 83.1 cm³/mol. The number of amides is 1. The average molecular weight is 288 g/mol. The second-order valence-electron chi connectivity index (χ2n) is 6.32. The van der Waals surface area contributed by atoms with Crippen LogP contribution in [0, 0.1) is 0 Å². The largest absolute Gasteiger partial charge is 0.386 e. The van der Waals surface area contributed by atoms with E-state index in [2.05, 4.69) is 5.32 Å². The van der Waals surface area contributed by atoms with Gasteiger partial charge in [0.1, 0.15) is 5.60 Å². The molecule has 1 saturated carbocycles. The quantitative estimate of drug-likeness (QED) is 0.878.